The number of tetrazole rings is 1. The quantitative estimate of drug-likeness (QED) is 0.714. The summed E-state index contributed by atoms with van der Waals surface area (Å²) in [5, 5.41) is 14.2. The molecular weight excluding hydrogens is 358 g/mol. The van der Waals surface area contributed by atoms with Crippen LogP contribution >= 0.6 is 11.6 Å². The number of nitrogens with one attached hydrogen (secondary N) is 1. The van der Waals surface area contributed by atoms with E-state index < -0.39 is 6.10 Å². The SMILES string of the molecule is COc1ccc(Cl)cc1NC(=O)[C@H](C)Oc1cccc(-n2cnnn2)c1. The van der Waals surface area contributed by atoms with Crippen molar-refractivity contribution in [2.45, 2.75) is 13.0 Å². The van der Waals surface area contributed by atoms with E-state index in [2.05, 4.69) is 20.8 Å². The van der Waals surface area contributed by atoms with Gasteiger partial charge in [-0.3, -0.25) is 4.79 Å². The molecular formula is C17H16ClN5O3. The number of ether oxygens (including phenoxy) is 2. The number of rotatable bonds is 6. The molecule has 0 saturated heterocycles. The molecule has 3 rings (SSSR count). The highest BCUT2D eigenvalue weighted by Gasteiger charge is 2.17. The van der Waals surface area contributed by atoms with Crippen LogP contribution in [0, 0.1) is 0 Å². The number of carbonyl (C=O) groups is 1. The normalized spacial score (nSPS) is 11.7. The van der Waals surface area contributed by atoms with Crippen molar-refractivity contribution in [3.8, 4) is 17.2 Å². The maximum atomic E-state index is 12.4. The Morgan fingerprint density at radius 3 is 2.85 bits per heavy atom. The van der Waals surface area contributed by atoms with Gasteiger partial charge in [-0.25, -0.2) is 4.68 Å². The van der Waals surface area contributed by atoms with Crippen molar-refractivity contribution in [3.05, 3.63) is 53.8 Å². The van der Waals surface area contributed by atoms with Crippen LogP contribution in [0.25, 0.3) is 5.69 Å². The third kappa shape index (κ3) is 4.09. The molecule has 1 N–H and O–H groups in total. The highest BCUT2D eigenvalue weighted by atomic mass is 35.5. The molecule has 1 aromatic heterocycles. The lowest BCUT2D eigenvalue weighted by Gasteiger charge is -2.16. The molecule has 0 aliphatic carbocycles. The van der Waals surface area contributed by atoms with Gasteiger partial charge in [0, 0.05) is 11.1 Å². The Balaban J connectivity index is 1.70. The summed E-state index contributed by atoms with van der Waals surface area (Å²) >= 11 is 5.98. The predicted octanol–water partition coefficient (Wildman–Crippen LogP) is 2.73. The van der Waals surface area contributed by atoms with Gasteiger partial charge in [-0.2, -0.15) is 0 Å². The second kappa shape index (κ2) is 7.83. The Kier molecular flexibility index (Phi) is 5.33. The van der Waals surface area contributed by atoms with Crippen molar-refractivity contribution >= 4 is 23.2 Å². The number of anilines is 1. The number of halogens is 1. The molecule has 1 atom stereocenters. The van der Waals surface area contributed by atoms with Crippen LogP contribution in [-0.4, -0.2) is 39.3 Å². The molecule has 0 unspecified atom stereocenters. The molecule has 0 spiro atoms. The first kappa shape index (κ1) is 17.7. The lowest BCUT2D eigenvalue weighted by Crippen LogP contribution is -2.30. The van der Waals surface area contributed by atoms with Crippen molar-refractivity contribution in [2.75, 3.05) is 12.4 Å². The minimum atomic E-state index is -0.747. The summed E-state index contributed by atoms with van der Waals surface area (Å²) in [7, 11) is 1.52. The summed E-state index contributed by atoms with van der Waals surface area (Å²) in [6.07, 6.45) is 0.725. The zero-order valence-electron chi connectivity index (χ0n) is 14.1. The molecule has 3 aromatic rings. The topological polar surface area (TPSA) is 91.2 Å². The monoisotopic (exact) mass is 373 g/mol. The van der Waals surface area contributed by atoms with Crippen molar-refractivity contribution in [2.24, 2.45) is 0 Å². The van der Waals surface area contributed by atoms with Gasteiger partial charge in [0.1, 0.15) is 17.8 Å². The molecule has 0 bridgehead atoms. The minimum absolute atomic E-state index is 0.335. The minimum Gasteiger partial charge on any atom is -0.495 e. The zero-order valence-corrected chi connectivity index (χ0v) is 14.8. The van der Waals surface area contributed by atoms with E-state index >= 15 is 0 Å². The van der Waals surface area contributed by atoms with Gasteiger partial charge < -0.3 is 14.8 Å². The average molecular weight is 374 g/mol. The Morgan fingerprint density at radius 1 is 1.27 bits per heavy atom. The number of nitrogens with zero attached hydrogens (tertiary/aromatic N) is 4. The third-order valence-corrected chi connectivity index (χ3v) is 3.77. The van der Waals surface area contributed by atoms with Gasteiger partial charge in [0.2, 0.25) is 0 Å². The highest BCUT2D eigenvalue weighted by molar-refractivity contribution is 6.31. The molecule has 1 heterocycles. The number of aromatic nitrogens is 4. The molecule has 2 aromatic carbocycles. The number of methoxy groups -OCH3 is 1. The van der Waals surface area contributed by atoms with E-state index in [0.29, 0.717) is 22.2 Å². The lowest BCUT2D eigenvalue weighted by atomic mass is 10.2. The summed E-state index contributed by atoms with van der Waals surface area (Å²) in [5.74, 6) is 0.688. The summed E-state index contributed by atoms with van der Waals surface area (Å²) in [6.45, 7) is 1.65. The van der Waals surface area contributed by atoms with Crippen LogP contribution in [0.1, 0.15) is 6.92 Å². The van der Waals surface area contributed by atoms with E-state index in [0.717, 1.165) is 5.69 Å². The van der Waals surface area contributed by atoms with Gasteiger partial charge in [-0.1, -0.05) is 17.7 Å². The van der Waals surface area contributed by atoms with Gasteiger partial charge in [-0.05, 0) is 47.7 Å². The Bertz CT molecular complexity index is 901. The first-order chi connectivity index (χ1) is 12.6. The first-order valence-electron chi connectivity index (χ1n) is 7.71. The molecule has 0 aliphatic rings. The lowest BCUT2D eigenvalue weighted by molar-refractivity contribution is -0.122. The molecule has 8 nitrogen and oxygen atoms in total. The largest absolute Gasteiger partial charge is 0.495 e. The van der Waals surface area contributed by atoms with Crippen molar-refractivity contribution in [1.82, 2.24) is 20.2 Å². The van der Waals surface area contributed by atoms with Gasteiger partial charge in [0.25, 0.3) is 5.91 Å². The summed E-state index contributed by atoms with van der Waals surface area (Å²) in [5.41, 5.74) is 1.19. The molecule has 26 heavy (non-hydrogen) atoms. The number of benzene rings is 2. The van der Waals surface area contributed by atoms with E-state index in [-0.39, 0.29) is 5.91 Å². The van der Waals surface area contributed by atoms with E-state index in [1.54, 1.807) is 43.3 Å². The molecule has 1 amide bonds. The summed E-state index contributed by atoms with van der Waals surface area (Å²) in [4.78, 5) is 12.4. The van der Waals surface area contributed by atoms with Gasteiger partial charge >= 0.3 is 0 Å². The van der Waals surface area contributed by atoms with Crippen molar-refractivity contribution in [3.63, 3.8) is 0 Å². The summed E-state index contributed by atoms with van der Waals surface area (Å²) < 4.78 is 12.4. The van der Waals surface area contributed by atoms with Gasteiger partial charge in [0.05, 0.1) is 18.5 Å². The Labute approximate surface area is 154 Å². The van der Waals surface area contributed by atoms with Gasteiger partial charge in [0.15, 0.2) is 6.10 Å². The zero-order chi connectivity index (χ0) is 18.5. The maximum Gasteiger partial charge on any atom is 0.265 e. The second-order valence-electron chi connectivity index (χ2n) is 5.35. The van der Waals surface area contributed by atoms with Crippen LogP contribution in [0.4, 0.5) is 5.69 Å². The van der Waals surface area contributed by atoms with Crippen LogP contribution < -0.4 is 14.8 Å². The standard InChI is InChI=1S/C17H16ClN5O3/c1-11(17(24)20-15-8-12(18)6-7-16(15)25-2)26-14-5-3-4-13(9-14)23-10-19-21-22-23/h3-11H,1-2H3,(H,20,24)/t11-/m0/s1. The van der Waals surface area contributed by atoms with Crippen LogP contribution in [-0.2, 0) is 4.79 Å². The molecule has 0 fully saturated rings. The average Bonchev–Trinajstić information content (AvgIpc) is 3.17. The summed E-state index contributed by atoms with van der Waals surface area (Å²) in [6, 6.07) is 12.1. The Morgan fingerprint density at radius 2 is 2.12 bits per heavy atom. The smallest absolute Gasteiger partial charge is 0.265 e. The van der Waals surface area contributed by atoms with E-state index in [4.69, 9.17) is 21.1 Å². The fourth-order valence-corrected chi connectivity index (χ4v) is 2.42. The van der Waals surface area contributed by atoms with Crippen molar-refractivity contribution in [1.29, 1.82) is 0 Å². The molecule has 9 heteroatoms. The number of carbonyl (C=O) groups excluding carboxylic acids is 1. The second-order valence-corrected chi connectivity index (χ2v) is 5.78. The number of amides is 1. The van der Waals surface area contributed by atoms with E-state index in [1.807, 2.05) is 6.07 Å². The number of hydrogen-bond acceptors (Lipinski definition) is 6. The van der Waals surface area contributed by atoms with Gasteiger partial charge in [-0.15, -0.1) is 5.10 Å². The fraction of sp³-hybridized carbons (Fsp3) is 0.176. The molecule has 134 valence electrons. The predicted molar refractivity (Wildman–Crippen MR) is 95.9 cm³/mol. The number of hydrogen-bond donors (Lipinski definition) is 1. The maximum absolute atomic E-state index is 12.4. The van der Waals surface area contributed by atoms with Crippen LogP contribution in [0.3, 0.4) is 0 Å². The highest BCUT2D eigenvalue weighted by Crippen LogP contribution is 2.28. The first-order valence-corrected chi connectivity index (χ1v) is 8.09. The Hall–Kier alpha value is -3.13. The molecule has 0 aliphatic heterocycles. The molecule has 0 radical (unpaired) electrons. The van der Waals surface area contributed by atoms with E-state index in [1.165, 1.54) is 18.1 Å². The van der Waals surface area contributed by atoms with Crippen LogP contribution in [0.5, 0.6) is 11.5 Å². The van der Waals surface area contributed by atoms with E-state index in [9.17, 15) is 4.79 Å². The van der Waals surface area contributed by atoms with Crippen molar-refractivity contribution < 1.29 is 14.3 Å². The fourth-order valence-electron chi connectivity index (χ4n) is 2.25. The van der Waals surface area contributed by atoms with Crippen LogP contribution in [0.15, 0.2) is 48.8 Å². The third-order valence-electron chi connectivity index (χ3n) is 3.53. The molecule has 0 saturated carbocycles. The van der Waals surface area contributed by atoms with Crippen LogP contribution in [0.2, 0.25) is 5.02 Å².